The van der Waals surface area contributed by atoms with Gasteiger partial charge in [0, 0.05) is 23.8 Å². The zero-order valence-electron chi connectivity index (χ0n) is 11.6. The summed E-state index contributed by atoms with van der Waals surface area (Å²) < 4.78 is 0. The molecule has 1 aromatic carbocycles. The molecular weight excluding hydrogens is 304 g/mol. The Kier molecular flexibility index (Phi) is 4.04. The summed E-state index contributed by atoms with van der Waals surface area (Å²) >= 11 is 5.84. The molecule has 22 heavy (non-hydrogen) atoms. The van der Waals surface area contributed by atoms with Crippen molar-refractivity contribution in [2.75, 3.05) is 23.3 Å². The van der Waals surface area contributed by atoms with Gasteiger partial charge >= 0.3 is 0 Å². The van der Waals surface area contributed by atoms with Crippen LogP contribution in [0, 0.1) is 11.3 Å². The summed E-state index contributed by atoms with van der Waals surface area (Å²) in [6, 6.07) is 8.99. The Bertz CT molecular complexity index is 714. The van der Waals surface area contributed by atoms with E-state index in [-0.39, 0.29) is 11.8 Å². The van der Waals surface area contributed by atoms with Crippen LogP contribution in [0.1, 0.15) is 12.2 Å². The van der Waals surface area contributed by atoms with E-state index in [1.807, 2.05) is 11.0 Å². The number of aliphatic hydroxyl groups excluding tert-OH is 1. The maximum Gasteiger partial charge on any atom is 0.238 e. The van der Waals surface area contributed by atoms with Crippen molar-refractivity contribution in [3.63, 3.8) is 0 Å². The number of aliphatic hydroxyl groups is 1. The van der Waals surface area contributed by atoms with Crippen LogP contribution in [0.5, 0.6) is 0 Å². The predicted octanol–water partition coefficient (Wildman–Crippen LogP) is 1.71. The van der Waals surface area contributed by atoms with Gasteiger partial charge in [-0.1, -0.05) is 11.6 Å². The van der Waals surface area contributed by atoms with Gasteiger partial charge in [-0.25, -0.2) is 0 Å². The molecule has 3 rings (SSSR count). The van der Waals surface area contributed by atoms with Crippen LogP contribution in [0.25, 0.3) is 0 Å². The summed E-state index contributed by atoms with van der Waals surface area (Å²) in [5.74, 6) is 0.702. The highest BCUT2D eigenvalue weighted by Crippen LogP contribution is 2.20. The normalized spacial score (nSPS) is 17.3. The molecule has 112 valence electrons. The van der Waals surface area contributed by atoms with Crippen LogP contribution < -0.4 is 10.2 Å². The van der Waals surface area contributed by atoms with E-state index in [0.717, 1.165) is 5.69 Å². The monoisotopic (exact) mass is 316 g/mol. The van der Waals surface area contributed by atoms with Crippen LogP contribution in [-0.4, -0.2) is 39.3 Å². The number of halogens is 1. The molecule has 8 heteroatoms. The average molecular weight is 317 g/mol. The molecule has 1 atom stereocenters. The Morgan fingerprint density at radius 2 is 2.05 bits per heavy atom. The van der Waals surface area contributed by atoms with E-state index in [1.165, 1.54) is 0 Å². The Morgan fingerprint density at radius 3 is 2.68 bits per heavy atom. The van der Waals surface area contributed by atoms with Crippen LogP contribution in [0.2, 0.25) is 5.02 Å². The van der Waals surface area contributed by atoms with Gasteiger partial charge < -0.3 is 15.3 Å². The van der Waals surface area contributed by atoms with E-state index in [1.54, 1.807) is 24.3 Å². The zero-order chi connectivity index (χ0) is 15.5. The van der Waals surface area contributed by atoms with Gasteiger partial charge in [0.15, 0.2) is 0 Å². The lowest BCUT2D eigenvalue weighted by Gasteiger charge is -2.16. The number of nitrogens with zero attached hydrogens (tertiary/aromatic N) is 5. The van der Waals surface area contributed by atoms with Gasteiger partial charge in [0.2, 0.25) is 17.7 Å². The summed E-state index contributed by atoms with van der Waals surface area (Å²) in [4.78, 5) is 14.3. The molecule has 7 nitrogen and oxygen atoms in total. The molecule has 0 bridgehead atoms. The van der Waals surface area contributed by atoms with E-state index in [9.17, 15) is 5.11 Å². The molecule has 1 aliphatic heterocycles. The predicted molar refractivity (Wildman–Crippen MR) is 82.1 cm³/mol. The fourth-order valence-electron chi connectivity index (χ4n) is 2.20. The van der Waals surface area contributed by atoms with Crippen molar-refractivity contribution < 1.29 is 5.11 Å². The van der Waals surface area contributed by atoms with Gasteiger partial charge in [-0.05, 0) is 30.7 Å². The number of nitrogens with one attached hydrogen (secondary N) is 1. The first-order chi connectivity index (χ1) is 10.6. The third-order valence-electron chi connectivity index (χ3n) is 3.27. The fraction of sp³-hybridized carbons (Fsp3) is 0.286. The lowest BCUT2D eigenvalue weighted by molar-refractivity contribution is 0.198. The highest BCUT2D eigenvalue weighted by molar-refractivity contribution is 6.30. The standard InChI is InChI=1S/C14H13ClN6O/c15-9-1-3-10(4-2-9)17-13-18-12(7-16)19-14(20-13)21-6-5-11(22)8-21/h1-4,11,22H,5-6,8H2,(H,17,18,19,20). The van der Waals surface area contributed by atoms with Gasteiger partial charge in [0.05, 0.1) is 6.10 Å². The van der Waals surface area contributed by atoms with E-state index in [0.29, 0.717) is 30.5 Å². The summed E-state index contributed by atoms with van der Waals surface area (Å²) in [5.41, 5.74) is 0.756. The first-order valence-electron chi connectivity index (χ1n) is 6.76. The van der Waals surface area contributed by atoms with Gasteiger partial charge in [0.25, 0.3) is 0 Å². The maximum absolute atomic E-state index is 9.61. The van der Waals surface area contributed by atoms with Crippen LogP contribution in [0.4, 0.5) is 17.6 Å². The molecular formula is C14H13ClN6O. The third-order valence-corrected chi connectivity index (χ3v) is 3.52. The molecule has 0 aliphatic carbocycles. The Morgan fingerprint density at radius 1 is 1.27 bits per heavy atom. The second kappa shape index (κ2) is 6.13. The molecule has 2 heterocycles. The smallest absolute Gasteiger partial charge is 0.238 e. The lowest BCUT2D eigenvalue weighted by Crippen LogP contribution is -2.24. The quantitative estimate of drug-likeness (QED) is 0.889. The second-order valence-corrected chi connectivity index (χ2v) is 5.35. The zero-order valence-corrected chi connectivity index (χ0v) is 12.3. The number of benzene rings is 1. The van der Waals surface area contributed by atoms with Gasteiger partial charge in [-0.2, -0.15) is 20.2 Å². The third kappa shape index (κ3) is 3.24. The van der Waals surface area contributed by atoms with E-state index in [2.05, 4.69) is 20.3 Å². The molecule has 0 radical (unpaired) electrons. The summed E-state index contributed by atoms with van der Waals surface area (Å²) in [6.07, 6.45) is 0.267. The number of β-amino-alcohol motifs (C(OH)–C–C–N with tert-alkyl or cyclic N) is 1. The van der Waals surface area contributed by atoms with Crippen molar-refractivity contribution in [2.45, 2.75) is 12.5 Å². The number of nitriles is 1. The minimum atomic E-state index is -0.394. The molecule has 0 spiro atoms. The topological polar surface area (TPSA) is 98.0 Å². The average Bonchev–Trinajstić information content (AvgIpc) is 2.96. The number of aromatic nitrogens is 3. The molecule has 1 aliphatic rings. The Labute approximate surface area is 132 Å². The second-order valence-electron chi connectivity index (χ2n) is 4.91. The molecule has 2 N–H and O–H groups in total. The molecule has 1 saturated heterocycles. The molecule has 2 aromatic rings. The summed E-state index contributed by atoms with van der Waals surface area (Å²) in [7, 11) is 0. The number of anilines is 3. The summed E-state index contributed by atoms with van der Waals surface area (Å²) in [6.45, 7) is 1.10. The molecule has 1 unspecified atom stereocenters. The van der Waals surface area contributed by atoms with Crippen LogP contribution >= 0.6 is 11.6 Å². The van der Waals surface area contributed by atoms with Crippen molar-refractivity contribution in [3.05, 3.63) is 35.1 Å². The van der Waals surface area contributed by atoms with Crippen molar-refractivity contribution in [1.29, 1.82) is 5.26 Å². The van der Waals surface area contributed by atoms with Gasteiger partial charge in [-0.15, -0.1) is 0 Å². The molecule has 0 saturated carbocycles. The molecule has 1 fully saturated rings. The van der Waals surface area contributed by atoms with Gasteiger partial charge in [-0.3, -0.25) is 0 Å². The Hall–Kier alpha value is -2.43. The number of hydrogen-bond donors (Lipinski definition) is 2. The SMILES string of the molecule is N#Cc1nc(Nc2ccc(Cl)cc2)nc(N2CCC(O)C2)n1. The van der Waals surface area contributed by atoms with Gasteiger partial charge in [0.1, 0.15) is 6.07 Å². The van der Waals surface area contributed by atoms with E-state index >= 15 is 0 Å². The Balaban J connectivity index is 1.87. The maximum atomic E-state index is 9.61. The number of hydrogen-bond acceptors (Lipinski definition) is 7. The van der Waals surface area contributed by atoms with Crippen molar-refractivity contribution in [3.8, 4) is 6.07 Å². The first-order valence-corrected chi connectivity index (χ1v) is 7.13. The molecule has 1 aromatic heterocycles. The summed E-state index contributed by atoms with van der Waals surface area (Å²) in [5, 5.41) is 22.3. The molecule has 0 amide bonds. The van der Waals surface area contributed by atoms with Crippen LogP contribution in [0.3, 0.4) is 0 Å². The van der Waals surface area contributed by atoms with E-state index in [4.69, 9.17) is 16.9 Å². The van der Waals surface area contributed by atoms with Crippen molar-refractivity contribution in [2.24, 2.45) is 0 Å². The first kappa shape index (κ1) is 14.5. The number of rotatable bonds is 3. The van der Waals surface area contributed by atoms with Crippen molar-refractivity contribution in [1.82, 2.24) is 15.0 Å². The highest BCUT2D eigenvalue weighted by Gasteiger charge is 2.23. The lowest BCUT2D eigenvalue weighted by atomic mass is 10.3. The highest BCUT2D eigenvalue weighted by atomic mass is 35.5. The minimum Gasteiger partial charge on any atom is -0.391 e. The van der Waals surface area contributed by atoms with Crippen LogP contribution in [-0.2, 0) is 0 Å². The van der Waals surface area contributed by atoms with Crippen LogP contribution in [0.15, 0.2) is 24.3 Å². The van der Waals surface area contributed by atoms with Crippen molar-refractivity contribution >= 4 is 29.2 Å². The van der Waals surface area contributed by atoms with E-state index < -0.39 is 6.10 Å². The largest absolute Gasteiger partial charge is 0.391 e. The minimum absolute atomic E-state index is 0.0304. The fourth-order valence-corrected chi connectivity index (χ4v) is 2.32.